The predicted molar refractivity (Wildman–Crippen MR) is 234 cm³/mol. The van der Waals surface area contributed by atoms with Gasteiger partial charge >= 0.3 is 5.97 Å². The minimum absolute atomic E-state index is 0.0547. The van der Waals surface area contributed by atoms with Crippen LogP contribution in [0.1, 0.15) is 128 Å². The van der Waals surface area contributed by atoms with Gasteiger partial charge in [0, 0.05) is 44.7 Å². The van der Waals surface area contributed by atoms with E-state index in [-0.39, 0.29) is 32.7 Å². The van der Waals surface area contributed by atoms with Gasteiger partial charge in [0.05, 0.1) is 92.5 Å². The Morgan fingerprint density at radius 3 is 1.05 bits per heavy atom. The molecular weight excluding hydrogens is 803 g/mol. The first-order chi connectivity index (χ1) is 29.1. The zero-order valence-corrected chi connectivity index (χ0v) is 38.3. The summed E-state index contributed by atoms with van der Waals surface area (Å²) in [5, 5.41) is 0.499. The lowest BCUT2D eigenvalue weighted by Gasteiger charge is -2.12. The van der Waals surface area contributed by atoms with Crippen molar-refractivity contribution in [3.63, 3.8) is 0 Å². The van der Waals surface area contributed by atoms with Crippen molar-refractivity contribution < 1.29 is 61.9 Å². The van der Waals surface area contributed by atoms with Crippen LogP contribution in [-0.4, -0.2) is 154 Å². The Hall–Kier alpha value is -1.05. The second-order valence-corrected chi connectivity index (χ2v) is 17.1. The third kappa shape index (κ3) is 40.8. The second-order valence-electron chi connectivity index (χ2n) is 14.4. The maximum absolute atomic E-state index is 11.6. The molecule has 1 heterocycles. The molecule has 1 saturated heterocycles. The lowest BCUT2D eigenvalue weighted by molar-refractivity contribution is -0.200. The molecule has 0 N–H and O–H groups in total. The molecule has 59 heavy (non-hydrogen) atoms. The molecule has 14 nitrogen and oxygen atoms in total. The molecule has 0 aliphatic carbocycles. The van der Waals surface area contributed by atoms with E-state index in [1.54, 1.807) is 7.11 Å². The van der Waals surface area contributed by atoms with Crippen molar-refractivity contribution in [1.29, 1.82) is 0 Å². The minimum atomic E-state index is -0.802. The molecule has 1 aliphatic rings. The summed E-state index contributed by atoms with van der Waals surface area (Å²) in [6, 6.07) is 0. The number of hydrogen-bond donors (Lipinski definition) is 0. The van der Waals surface area contributed by atoms with Crippen molar-refractivity contribution in [2.45, 2.75) is 128 Å². The number of carbonyl (C=O) groups is 3. The fourth-order valence-corrected chi connectivity index (χ4v) is 8.12. The summed E-state index contributed by atoms with van der Waals surface area (Å²) in [6.07, 6.45) is 23.9. The SMILES string of the molecule is COCCOCCOCCOCCCCCCCCCCCSSCCCCCCCCCCCOCCOCCOCCOCCOCC(=O)ON1C(=O)CCC1=O. The molecule has 1 aliphatic heterocycles. The second kappa shape index (κ2) is 46.5. The van der Waals surface area contributed by atoms with Gasteiger partial charge in [0.25, 0.3) is 11.8 Å². The lowest BCUT2D eigenvalue weighted by atomic mass is 10.1. The van der Waals surface area contributed by atoms with Crippen LogP contribution < -0.4 is 0 Å². The van der Waals surface area contributed by atoms with Crippen LogP contribution in [0.25, 0.3) is 0 Å². The van der Waals surface area contributed by atoms with Gasteiger partial charge in [0.2, 0.25) is 0 Å². The summed E-state index contributed by atoms with van der Waals surface area (Å²) in [5.74, 6) is 0.753. The van der Waals surface area contributed by atoms with Crippen molar-refractivity contribution in [3.05, 3.63) is 0 Å². The molecule has 16 heteroatoms. The molecule has 1 rings (SSSR count). The molecule has 1 fully saturated rings. The molecule has 0 saturated carbocycles. The van der Waals surface area contributed by atoms with Crippen LogP contribution in [0.5, 0.6) is 0 Å². The van der Waals surface area contributed by atoms with E-state index >= 15 is 0 Å². The molecule has 0 aromatic carbocycles. The molecule has 0 bridgehead atoms. The smallest absolute Gasteiger partial charge is 0.358 e. The third-order valence-electron chi connectivity index (χ3n) is 9.20. The van der Waals surface area contributed by atoms with Gasteiger partial charge < -0.3 is 47.5 Å². The topological polar surface area (TPSA) is 147 Å². The molecule has 0 spiro atoms. The Balaban J connectivity index is 1.62. The standard InChI is InChI=1S/C43H81NO13S2/c1-48-24-25-51-30-31-52-28-26-49-22-16-12-8-4-2-6-10-14-18-38-58-59-39-19-15-11-7-3-5-9-13-17-23-50-27-29-53-32-33-54-34-35-55-36-37-56-40-43(47)57-44-41(45)20-21-42(44)46/h2-40H2,1H3. The van der Waals surface area contributed by atoms with Crippen LogP contribution in [0, 0.1) is 0 Å². The van der Waals surface area contributed by atoms with Gasteiger partial charge in [-0.15, -0.1) is 5.06 Å². The monoisotopic (exact) mass is 884 g/mol. The van der Waals surface area contributed by atoms with Crippen LogP contribution in [0.2, 0.25) is 0 Å². The largest absolute Gasteiger partial charge is 0.382 e. The van der Waals surface area contributed by atoms with E-state index in [0.29, 0.717) is 84.3 Å². The van der Waals surface area contributed by atoms with E-state index in [2.05, 4.69) is 21.6 Å². The Morgan fingerprint density at radius 2 is 0.695 bits per heavy atom. The average molecular weight is 884 g/mol. The molecular formula is C43H81NO13S2. The van der Waals surface area contributed by atoms with Crippen LogP contribution in [0.3, 0.4) is 0 Å². The number of rotatable bonds is 49. The minimum Gasteiger partial charge on any atom is -0.382 e. The molecule has 0 radical (unpaired) electrons. The Kier molecular flexibility index (Phi) is 44.1. The number of hydrogen-bond acceptors (Lipinski definition) is 15. The predicted octanol–water partition coefficient (Wildman–Crippen LogP) is 7.78. The summed E-state index contributed by atoms with van der Waals surface area (Å²) in [6.45, 7) is 8.44. The summed E-state index contributed by atoms with van der Waals surface area (Å²) in [5.41, 5.74) is 0. The number of amides is 2. The van der Waals surface area contributed by atoms with Crippen LogP contribution in [0.15, 0.2) is 0 Å². The maximum atomic E-state index is 11.6. The first-order valence-electron chi connectivity index (χ1n) is 22.6. The van der Waals surface area contributed by atoms with Crippen LogP contribution in [-0.2, 0) is 61.9 Å². The fourth-order valence-electron chi connectivity index (χ4n) is 5.83. The highest BCUT2D eigenvalue weighted by atomic mass is 33.1. The van der Waals surface area contributed by atoms with Crippen molar-refractivity contribution in [1.82, 2.24) is 5.06 Å². The first-order valence-corrected chi connectivity index (χ1v) is 25.1. The van der Waals surface area contributed by atoms with Gasteiger partial charge in [0.1, 0.15) is 6.61 Å². The number of nitrogens with zero attached hydrogens (tertiary/aromatic N) is 1. The van der Waals surface area contributed by atoms with Crippen LogP contribution in [0.4, 0.5) is 0 Å². The van der Waals surface area contributed by atoms with E-state index < -0.39 is 17.8 Å². The molecule has 0 aromatic rings. The zero-order chi connectivity index (χ0) is 42.4. The van der Waals surface area contributed by atoms with Crippen molar-refractivity contribution in [2.75, 3.05) is 131 Å². The van der Waals surface area contributed by atoms with E-state index in [4.69, 9.17) is 47.5 Å². The number of methoxy groups -OCH3 is 1. The Morgan fingerprint density at radius 1 is 0.407 bits per heavy atom. The van der Waals surface area contributed by atoms with Gasteiger partial charge in [-0.3, -0.25) is 9.59 Å². The van der Waals surface area contributed by atoms with Gasteiger partial charge in [-0.25, -0.2) is 4.79 Å². The summed E-state index contributed by atoms with van der Waals surface area (Å²) in [7, 11) is 5.83. The molecule has 2 amide bonds. The molecule has 0 aromatic heterocycles. The van der Waals surface area contributed by atoms with Gasteiger partial charge in [-0.05, 0) is 25.7 Å². The summed E-state index contributed by atoms with van der Waals surface area (Å²) in [4.78, 5) is 39.2. The highest BCUT2D eigenvalue weighted by molar-refractivity contribution is 8.76. The first kappa shape index (κ1) is 56.0. The van der Waals surface area contributed by atoms with E-state index in [1.165, 1.54) is 114 Å². The summed E-state index contributed by atoms with van der Waals surface area (Å²) >= 11 is 0. The van der Waals surface area contributed by atoms with Crippen molar-refractivity contribution >= 4 is 39.4 Å². The Labute approximate surface area is 364 Å². The highest BCUT2D eigenvalue weighted by Gasteiger charge is 2.32. The van der Waals surface area contributed by atoms with Crippen molar-refractivity contribution in [2.24, 2.45) is 0 Å². The number of unbranched alkanes of at least 4 members (excludes halogenated alkanes) is 16. The maximum Gasteiger partial charge on any atom is 0.358 e. The molecule has 0 atom stereocenters. The number of ether oxygens (including phenoxy) is 9. The number of hydroxylamine groups is 2. The normalized spacial score (nSPS) is 13.0. The molecule has 348 valence electrons. The third-order valence-corrected chi connectivity index (χ3v) is 11.8. The quantitative estimate of drug-likeness (QED) is 0.0333. The lowest BCUT2D eigenvalue weighted by Crippen LogP contribution is -2.33. The zero-order valence-electron chi connectivity index (χ0n) is 36.6. The van der Waals surface area contributed by atoms with Gasteiger partial charge in [-0.1, -0.05) is 111 Å². The number of carbonyl (C=O) groups excluding carboxylic acids is 3. The van der Waals surface area contributed by atoms with E-state index in [1.807, 2.05) is 0 Å². The Bertz CT molecular complexity index is 924. The molecule has 0 unspecified atom stereocenters. The average Bonchev–Trinajstić information content (AvgIpc) is 3.55. The highest BCUT2D eigenvalue weighted by Crippen LogP contribution is 2.25. The van der Waals surface area contributed by atoms with Crippen molar-refractivity contribution in [3.8, 4) is 0 Å². The number of imide groups is 1. The summed E-state index contributed by atoms with van der Waals surface area (Å²) < 4.78 is 48.6. The fraction of sp³-hybridized carbons (Fsp3) is 0.930. The van der Waals surface area contributed by atoms with Gasteiger partial charge in [-0.2, -0.15) is 0 Å². The van der Waals surface area contributed by atoms with Crippen LogP contribution >= 0.6 is 21.6 Å². The van der Waals surface area contributed by atoms with E-state index in [9.17, 15) is 14.4 Å². The van der Waals surface area contributed by atoms with Gasteiger partial charge in [0.15, 0.2) is 0 Å². The van der Waals surface area contributed by atoms with E-state index in [0.717, 1.165) is 26.1 Å².